The minimum atomic E-state index is -0.724. The van der Waals surface area contributed by atoms with Gasteiger partial charge < -0.3 is 0 Å². The SMILES string of the molecule is CCC[C@H]1CC[C@H](CC[C@H]2CC[C@H]([C@H]3CC[C@H](c4ccc(F)c(F)c4)CC3)CC2)CC1. The third kappa shape index (κ3) is 6.32. The van der Waals surface area contributed by atoms with Crippen LogP contribution in [0.25, 0.3) is 0 Å². The van der Waals surface area contributed by atoms with Gasteiger partial charge in [0.15, 0.2) is 11.6 Å². The van der Waals surface area contributed by atoms with Gasteiger partial charge in [-0.25, -0.2) is 8.78 Å². The Kier molecular flexibility index (Phi) is 8.46. The average Bonchev–Trinajstić information content (AvgIpc) is 2.81. The fraction of sp³-hybridized carbons (Fsp3) is 0.793. The molecule has 174 valence electrons. The molecule has 0 nitrogen and oxygen atoms in total. The van der Waals surface area contributed by atoms with E-state index in [0.29, 0.717) is 5.92 Å². The zero-order chi connectivity index (χ0) is 21.6. The second kappa shape index (κ2) is 11.3. The number of halogens is 2. The Morgan fingerprint density at radius 3 is 1.61 bits per heavy atom. The van der Waals surface area contributed by atoms with Crippen molar-refractivity contribution >= 4 is 0 Å². The maximum absolute atomic E-state index is 13.6. The molecule has 0 spiro atoms. The summed E-state index contributed by atoms with van der Waals surface area (Å²) in [6, 6.07) is 4.53. The van der Waals surface area contributed by atoms with Crippen LogP contribution in [-0.4, -0.2) is 0 Å². The number of benzene rings is 1. The first-order valence-electron chi connectivity index (χ1n) is 13.6. The fourth-order valence-electron chi connectivity index (χ4n) is 7.33. The van der Waals surface area contributed by atoms with Gasteiger partial charge in [-0.2, -0.15) is 0 Å². The highest BCUT2D eigenvalue weighted by molar-refractivity contribution is 5.22. The molecule has 3 fully saturated rings. The predicted molar refractivity (Wildman–Crippen MR) is 126 cm³/mol. The Bertz CT molecular complexity index is 659. The van der Waals surface area contributed by atoms with Crippen LogP contribution in [0.15, 0.2) is 18.2 Å². The van der Waals surface area contributed by atoms with E-state index in [9.17, 15) is 8.78 Å². The maximum atomic E-state index is 13.6. The summed E-state index contributed by atoms with van der Waals surface area (Å²) in [5, 5.41) is 0. The van der Waals surface area contributed by atoms with E-state index in [-0.39, 0.29) is 0 Å². The van der Waals surface area contributed by atoms with E-state index in [2.05, 4.69) is 6.92 Å². The normalized spacial score (nSPS) is 34.5. The van der Waals surface area contributed by atoms with Gasteiger partial charge in [-0.1, -0.05) is 77.2 Å². The molecule has 4 rings (SSSR count). The topological polar surface area (TPSA) is 0 Å². The quantitative estimate of drug-likeness (QED) is 0.404. The molecule has 0 radical (unpaired) electrons. The van der Waals surface area contributed by atoms with Crippen LogP contribution < -0.4 is 0 Å². The molecule has 0 aromatic heterocycles. The van der Waals surface area contributed by atoms with Gasteiger partial charge in [-0.05, 0) is 91.7 Å². The zero-order valence-electron chi connectivity index (χ0n) is 19.8. The van der Waals surface area contributed by atoms with Crippen molar-refractivity contribution in [3.05, 3.63) is 35.4 Å². The highest BCUT2D eigenvalue weighted by Crippen LogP contribution is 2.45. The van der Waals surface area contributed by atoms with E-state index in [0.717, 1.165) is 48.0 Å². The number of hydrogen-bond donors (Lipinski definition) is 0. The minimum Gasteiger partial charge on any atom is -0.204 e. The second-order valence-electron chi connectivity index (χ2n) is 11.3. The molecule has 0 aliphatic heterocycles. The Labute approximate surface area is 189 Å². The second-order valence-corrected chi connectivity index (χ2v) is 11.3. The Morgan fingerprint density at radius 2 is 1.10 bits per heavy atom. The summed E-state index contributed by atoms with van der Waals surface area (Å²) in [5.74, 6) is 3.86. The van der Waals surface area contributed by atoms with E-state index < -0.39 is 11.6 Å². The van der Waals surface area contributed by atoms with E-state index in [4.69, 9.17) is 0 Å². The molecule has 0 saturated heterocycles. The largest absolute Gasteiger partial charge is 0.204 e. The average molecular weight is 431 g/mol. The van der Waals surface area contributed by atoms with Crippen LogP contribution in [0, 0.1) is 41.2 Å². The molecule has 2 heteroatoms. The molecule has 1 aromatic carbocycles. The van der Waals surface area contributed by atoms with Crippen molar-refractivity contribution in [3.63, 3.8) is 0 Å². The van der Waals surface area contributed by atoms with Crippen molar-refractivity contribution < 1.29 is 8.78 Å². The van der Waals surface area contributed by atoms with Crippen LogP contribution in [0.3, 0.4) is 0 Å². The number of hydrogen-bond acceptors (Lipinski definition) is 0. The van der Waals surface area contributed by atoms with E-state index >= 15 is 0 Å². The molecule has 3 aliphatic rings. The Balaban J connectivity index is 1.13. The van der Waals surface area contributed by atoms with Crippen LogP contribution in [0.4, 0.5) is 8.78 Å². The molecule has 0 amide bonds. The highest BCUT2D eigenvalue weighted by Gasteiger charge is 2.32. The molecule has 31 heavy (non-hydrogen) atoms. The first-order valence-corrected chi connectivity index (χ1v) is 13.6. The molecular formula is C29H44F2. The standard InChI is InChI=1S/C29H44F2/c1-2-3-21-4-6-22(7-5-21)8-9-23-10-12-24(13-11-23)25-14-16-26(17-15-25)27-18-19-28(30)29(31)20-27/h18-26H,2-17H2,1H3/t21-,22-,23-,24-,25-,26-. The maximum Gasteiger partial charge on any atom is 0.159 e. The monoisotopic (exact) mass is 430 g/mol. The summed E-state index contributed by atoms with van der Waals surface area (Å²) in [4.78, 5) is 0. The van der Waals surface area contributed by atoms with Gasteiger partial charge >= 0.3 is 0 Å². The predicted octanol–water partition coefficient (Wildman–Crippen LogP) is 9.43. The third-order valence-electron chi connectivity index (χ3n) is 9.39. The lowest BCUT2D eigenvalue weighted by Gasteiger charge is -2.38. The Morgan fingerprint density at radius 1 is 0.613 bits per heavy atom. The molecule has 1 aromatic rings. The van der Waals surface area contributed by atoms with Gasteiger partial charge in [0, 0.05) is 0 Å². The summed E-state index contributed by atoms with van der Waals surface area (Å²) in [5.41, 5.74) is 1.00. The third-order valence-corrected chi connectivity index (χ3v) is 9.39. The van der Waals surface area contributed by atoms with Gasteiger partial charge in [0.25, 0.3) is 0 Å². The molecule has 0 heterocycles. The molecule has 3 aliphatic carbocycles. The summed E-state index contributed by atoms with van der Waals surface area (Å²) in [6.07, 6.45) is 22.4. The lowest BCUT2D eigenvalue weighted by Crippen LogP contribution is -2.25. The van der Waals surface area contributed by atoms with Crippen molar-refractivity contribution in [1.82, 2.24) is 0 Å². The van der Waals surface area contributed by atoms with Crippen LogP contribution in [0.1, 0.15) is 121 Å². The van der Waals surface area contributed by atoms with Crippen molar-refractivity contribution in [1.29, 1.82) is 0 Å². The van der Waals surface area contributed by atoms with Crippen molar-refractivity contribution in [2.45, 2.75) is 116 Å². The smallest absolute Gasteiger partial charge is 0.159 e. The molecule has 0 unspecified atom stereocenters. The lowest BCUT2D eigenvalue weighted by molar-refractivity contribution is 0.149. The number of rotatable bonds is 7. The van der Waals surface area contributed by atoms with Crippen molar-refractivity contribution in [2.75, 3.05) is 0 Å². The molecule has 0 N–H and O–H groups in total. The summed E-state index contributed by atoms with van der Waals surface area (Å²) in [6.45, 7) is 2.33. The van der Waals surface area contributed by atoms with E-state index in [1.165, 1.54) is 102 Å². The highest BCUT2D eigenvalue weighted by atomic mass is 19.2. The molecule has 3 saturated carbocycles. The molecule has 0 bridgehead atoms. The van der Waals surface area contributed by atoms with Gasteiger partial charge in [-0.3, -0.25) is 0 Å². The lowest BCUT2D eigenvalue weighted by atomic mass is 9.67. The molecule has 0 atom stereocenters. The summed E-state index contributed by atoms with van der Waals surface area (Å²) < 4.78 is 26.8. The Hall–Kier alpha value is -0.920. The first kappa shape index (κ1) is 23.2. The minimum absolute atomic E-state index is 0.426. The molecular weight excluding hydrogens is 386 g/mol. The summed E-state index contributed by atoms with van der Waals surface area (Å²) in [7, 11) is 0. The van der Waals surface area contributed by atoms with Crippen molar-refractivity contribution in [2.24, 2.45) is 29.6 Å². The van der Waals surface area contributed by atoms with Crippen LogP contribution >= 0.6 is 0 Å². The van der Waals surface area contributed by atoms with Crippen LogP contribution in [-0.2, 0) is 0 Å². The van der Waals surface area contributed by atoms with Crippen LogP contribution in [0.5, 0.6) is 0 Å². The first-order chi connectivity index (χ1) is 15.1. The van der Waals surface area contributed by atoms with Gasteiger partial charge in [0.05, 0.1) is 0 Å². The van der Waals surface area contributed by atoms with E-state index in [1.54, 1.807) is 6.07 Å². The van der Waals surface area contributed by atoms with E-state index in [1.807, 2.05) is 0 Å². The van der Waals surface area contributed by atoms with Gasteiger partial charge in [0.2, 0.25) is 0 Å². The zero-order valence-corrected chi connectivity index (χ0v) is 19.8. The van der Waals surface area contributed by atoms with Gasteiger partial charge in [-0.15, -0.1) is 0 Å². The summed E-state index contributed by atoms with van der Waals surface area (Å²) >= 11 is 0. The van der Waals surface area contributed by atoms with Crippen molar-refractivity contribution in [3.8, 4) is 0 Å². The van der Waals surface area contributed by atoms with Gasteiger partial charge in [0.1, 0.15) is 0 Å². The fourth-order valence-corrected chi connectivity index (χ4v) is 7.33. The van der Waals surface area contributed by atoms with Crippen LogP contribution in [0.2, 0.25) is 0 Å².